The van der Waals surface area contributed by atoms with E-state index in [0.717, 1.165) is 35.4 Å². The minimum atomic E-state index is 0.227. The first-order valence-electron chi connectivity index (χ1n) is 15.4. The van der Waals surface area contributed by atoms with Crippen LogP contribution in [0.2, 0.25) is 0 Å². The van der Waals surface area contributed by atoms with Crippen molar-refractivity contribution in [3.8, 4) is 11.1 Å². The van der Waals surface area contributed by atoms with Crippen LogP contribution in [0.25, 0.3) is 42.6 Å². The highest BCUT2D eigenvalue weighted by Crippen LogP contribution is 2.41. The zero-order valence-corrected chi connectivity index (χ0v) is 26.0. The van der Waals surface area contributed by atoms with Gasteiger partial charge in [-0.15, -0.1) is 11.3 Å². The third-order valence-electron chi connectivity index (χ3n) is 8.51. The van der Waals surface area contributed by atoms with Crippen LogP contribution < -0.4 is 0 Å². The Balaban J connectivity index is 1.33. The number of fused-ring (bicyclic) bond motifs is 3. The van der Waals surface area contributed by atoms with Crippen LogP contribution in [0, 0.1) is 0 Å². The monoisotopic (exact) mass is 585 g/mol. The summed E-state index contributed by atoms with van der Waals surface area (Å²) in [5.74, 6) is 0.227. The largest absolute Gasteiger partial charge is 0.253 e. The maximum atomic E-state index is 5.23. The molecule has 1 nitrogen and oxygen atoms in total. The van der Waals surface area contributed by atoms with E-state index >= 15 is 0 Å². The van der Waals surface area contributed by atoms with E-state index in [1.807, 2.05) is 11.3 Å². The summed E-state index contributed by atoms with van der Waals surface area (Å²) in [6, 6.07) is 43.7. The van der Waals surface area contributed by atoms with Crippen LogP contribution in [0.4, 0.5) is 0 Å². The predicted octanol–water partition coefficient (Wildman–Crippen LogP) is 12.1. The first kappa shape index (κ1) is 28.0. The van der Waals surface area contributed by atoms with Crippen molar-refractivity contribution in [3.05, 3.63) is 168 Å². The molecule has 0 aliphatic heterocycles. The summed E-state index contributed by atoms with van der Waals surface area (Å²) in [6.45, 7) is 4.36. The molecule has 0 N–H and O–H groups in total. The molecule has 44 heavy (non-hydrogen) atoms. The summed E-state index contributed by atoms with van der Waals surface area (Å²) in [6.07, 6.45) is 11.4. The van der Waals surface area contributed by atoms with Crippen LogP contribution in [0.5, 0.6) is 0 Å². The van der Waals surface area contributed by atoms with E-state index in [1.54, 1.807) is 0 Å². The lowest BCUT2D eigenvalue weighted by Gasteiger charge is -2.11. The third-order valence-corrected chi connectivity index (χ3v) is 9.71. The molecule has 1 unspecified atom stereocenters. The number of benzene rings is 5. The molecule has 2 heteroatoms. The Morgan fingerprint density at radius 3 is 2.30 bits per heavy atom. The average molecular weight is 586 g/mol. The lowest BCUT2D eigenvalue weighted by molar-refractivity contribution is 0.967. The summed E-state index contributed by atoms with van der Waals surface area (Å²) in [5.41, 5.74) is 10.7. The summed E-state index contributed by atoms with van der Waals surface area (Å²) >= 11 is 1.88. The summed E-state index contributed by atoms with van der Waals surface area (Å²) in [7, 11) is 0. The molecule has 0 saturated heterocycles. The second kappa shape index (κ2) is 12.4. The van der Waals surface area contributed by atoms with Crippen LogP contribution in [0.15, 0.2) is 151 Å². The predicted molar refractivity (Wildman–Crippen MR) is 193 cm³/mol. The summed E-state index contributed by atoms with van der Waals surface area (Å²) < 4.78 is 2.61. The van der Waals surface area contributed by atoms with Gasteiger partial charge in [0.15, 0.2) is 0 Å². The van der Waals surface area contributed by atoms with Gasteiger partial charge < -0.3 is 0 Å². The van der Waals surface area contributed by atoms with Crippen molar-refractivity contribution in [2.24, 2.45) is 4.99 Å². The SMILES string of the molecule is C/C(=N\C(=C/C(C)c1ccccc1)c1ccc2c(c1)sc1c(-c3cccc(C4=CCCC=C4)c3)cccc12)c1ccccc1. The second-order valence-electron chi connectivity index (χ2n) is 11.5. The van der Waals surface area contributed by atoms with Crippen molar-refractivity contribution in [3.63, 3.8) is 0 Å². The molecule has 0 bridgehead atoms. The Labute approximate surface area is 264 Å². The highest BCUT2D eigenvalue weighted by Gasteiger charge is 2.14. The van der Waals surface area contributed by atoms with Crippen molar-refractivity contribution in [2.45, 2.75) is 32.6 Å². The van der Waals surface area contributed by atoms with Gasteiger partial charge in [0.1, 0.15) is 0 Å². The molecule has 1 aromatic heterocycles. The average Bonchev–Trinajstić information content (AvgIpc) is 3.47. The topological polar surface area (TPSA) is 12.4 Å². The van der Waals surface area contributed by atoms with Gasteiger partial charge in [-0.25, -0.2) is 0 Å². The van der Waals surface area contributed by atoms with Crippen molar-refractivity contribution >= 4 is 48.5 Å². The summed E-state index contributed by atoms with van der Waals surface area (Å²) in [5, 5.41) is 2.60. The molecule has 0 fully saturated rings. The molecule has 1 heterocycles. The van der Waals surface area contributed by atoms with Gasteiger partial charge in [-0.05, 0) is 65.3 Å². The Hall–Kier alpha value is -4.79. The van der Waals surface area contributed by atoms with Crippen molar-refractivity contribution in [2.75, 3.05) is 0 Å². The fraction of sp³-hybridized carbons (Fsp3) is 0.119. The van der Waals surface area contributed by atoms with E-state index < -0.39 is 0 Å². The smallest absolute Gasteiger partial charge is 0.0672 e. The van der Waals surface area contributed by atoms with Gasteiger partial charge >= 0.3 is 0 Å². The highest BCUT2D eigenvalue weighted by molar-refractivity contribution is 7.26. The molecular weight excluding hydrogens is 551 g/mol. The number of hydrogen-bond acceptors (Lipinski definition) is 2. The lowest BCUT2D eigenvalue weighted by Crippen LogP contribution is -1.97. The molecule has 0 spiro atoms. The number of nitrogens with zero attached hydrogens (tertiary/aromatic N) is 1. The van der Waals surface area contributed by atoms with Crippen LogP contribution >= 0.6 is 11.3 Å². The van der Waals surface area contributed by atoms with Gasteiger partial charge in [-0.2, -0.15) is 0 Å². The molecule has 214 valence electrons. The Morgan fingerprint density at radius 2 is 1.50 bits per heavy atom. The number of hydrogen-bond donors (Lipinski definition) is 0. The molecule has 0 amide bonds. The maximum Gasteiger partial charge on any atom is 0.0672 e. The first-order valence-corrected chi connectivity index (χ1v) is 16.3. The Morgan fingerprint density at radius 1 is 0.727 bits per heavy atom. The molecule has 6 aromatic rings. The van der Waals surface area contributed by atoms with Crippen LogP contribution in [-0.4, -0.2) is 5.71 Å². The Kier molecular flexibility index (Phi) is 7.92. The van der Waals surface area contributed by atoms with E-state index in [9.17, 15) is 0 Å². The van der Waals surface area contributed by atoms with E-state index in [2.05, 4.69) is 159 Å². The van der Waals surface area contributed by atoms with Gasteiger partial charge in [0, 0.05) is 37.4 Å². The van der Waals surface area contributed by atoms with Gasteiger partial charge in [0.05, 0.1) is 5.70 Å². The van der Waals surface area contributed by atoms with Crippen LogP contribution in [0.3, 0.4) is 0 Å². The molecule has 7 rings (SSSR count). The zero-order chi connectivity index (χ0) is 29.9. The third kappa shape index (κ3) is 5.74. The van der Waals surface area contributed by atoms with Gasteiger partial charge in [-0.3, -0.25) is 4.99 Å². The first-order chi connectivity index (χ1) is 21.6. The van der Waals surface area contributed by atoms with E-state index in [4.69, 9.17) is 4.99 Å². The van der Waals surface area contributed by atoms with Gasteiger partial charge in [0.2, 0.25) is 0 Å². The fourth-order valence-corrected chi connectivity index (χ4v) is 7.37. The molecule has 1 aliphatic rings. The molecule has 1 atom stereocenters. The number of aliphatic imine (C=N–C) groups is 1. The van der Waals surface area contributed by atoms with Gasteiger partial charge in [-0.1, -0.05) is 140 Å². The normalized spacial score (nSPS) is 14.6. The molecule has 5 aromatic carbocycles. The molecule has 0 radical (unpaired) electrons. The van der Waals surface area contributed by atoms with Gasteiger partial charge in [0.25, 0.3) is 0 Å². The van der Waals surface area contributed by atoms with E-state index in [0.29, 0.717) is 0 Å². The lowest BCUT2D eigenvalue weighted by atomic mass is 9.95. The minimum Gasteiger partial charge on any atom is -0.253 e. The van der Waals surface area contributed by atoms with E-state index in [1.165, 1.54) is 48.0 Å². The molecule has 0 saturated carbocycles. The number of allylic oxidation sites excluding steroid dienone is 5. The van der Waals surface area contributed by atoms with E-state index in [-0.39, 0.29) is 5.92 Å². The fourth-order valence-electron chi connectivity index (χ4n) is 6.09. The summed E-state index contributed by atoms with van der Waals surface area (Å²) in [4.78, 5) is 5.23. The molecular formula is C42H35NS. The zero-order valence-electron chi connectivity index (χ0n) is 25.2. The maximum absolute atomic E-state index is 5.23. The van der Waals surface area contributed by atoms with Crippen molar-refractivity contribution in [1.29, 1.82) is 0 Å². The van der Waals surface area contributed by atoms with Crippen molar-refractivity contribution in [1.82, 2.24) is 0 Å². The number of thiophene rings is 1. The number of rotatable bonds is 7. The Bertz CT molecular complexity index is 2070. The minimum absolute atomic E-state index is 0.227. The quantitative estimate of drug-likeness (QED) is 0.165. The standard InChI is InChI=1S/C42H35NS/c1-29(31-14-6-3-7-15-31)26-40(43-30(2)32-16-8-4-9-17-32)36-24-25-38-39-23-13-22-37(42(39)44-41(38)28-36)35-21-12-20-34(27-35)33-18-10-5-11-19-33/h3-4,6-10,12-29H,5,11H2,1-2H3/b40-26-,43-30+. The van der Waals surface area contributed by atoms with Crippen molar-refractivity contribution < 1.29 is 0 Å². The highest BCUT2D eigenvalue weighted by atomic mass is 32.1. The molecule has 1 aliphatic carbocycles. The second-order valence-corrected chi connectivity index (χ2v) is 12.6. The van der Waals surface area contributed by atoms with Crippen LogP contribution in [0.1, 0.15) is 54.9 Å². The van der Waals surface area contributed by atoms with Crippen LogP contribution in [-0.2, 0) is 0 Å².